The number of carbonyl (C=O) groups excluding carboxylic acids is 2. The number of nitriles is 1. The Balaban J connectivity index is 0.000000495. The molecule has 1 fully saturated rings. The lowest BCUT2D eigenvalue weighted by atomic mass is 10.1. The quantitative estimate of drug-likeness (QED) is 0.222. The monoisotopic (exact) mass is 584 g/mol. The molecule has 4 rings (SSSR count). The molecule has 0 spiro atoms. The number of likely N-dealkylation sites (tertiary alicyclic amines) is 1. The molecule has 1 saturated heterocycles. The second-order valence-electron chi connectivity index (χ2n) is 9.68. The third kappa shape index (κ3) is 18.6. The molecular weight excluding hydrogens is 542 g/mol. The van der Waals surface area contributed by atoms with Crippen LogP contribution in [0.5, 0.6) is 0 Å². The number of benzene rings is 3. The lowest BCUT2D eigenvalue weighted by molar-refractivity contribution is -0.107. The van der Waals surface area contributed by atoms with Crippen LogP contribution in [0.3, 0.4) is 0 Å². The first kappa shape index (κ1) is 37.6. The first-order chi connectivity index (χ1) is 19.6. The van der Waals surface area contributed by atoms with Crippen molar-refractivity contribution in [2.75, 3.05) is 20.1 Å². The van der Waals surface area contributed by atoms with Crippen LogP contribution in [0.15, 0.2) is 66.7 Å². The van der Waals surface area contributed by atoms with Crippen LogP contribution in [0.1, 0.15) is 73.5 Å². The molecule has 1 heterocycles. The maximum absolute atomic E-state index is 12.6. The summed E-state index contributed by atoms with van der Waals surface area (Å²) in [4.78, 5) is 21.9. The van der Waals surface area contributed by atoms with Crippen LogP contribution in [0, 0.1) is 35.8 Å². The topological polar surface area (TPSA) is 61.2 Å². The van der Waals surface area contributed by atoms with Crippen molar-refractivity contribution < 1.29 is 18.4 Å². The number of aldehydes is 2. The van der Waals surface area contributed by atoms with Crippen molar-refractivity contribution in [2.45, 2.75) is 59.8 Å². The maximum Gasteiger partial charge on any atom is 0.150 e. The zero-order chi connectivity index (χ0) is 31.0. The van der Waals surface area contributed by atoms with Gasteiger partial charge < -0.3 is 9.69 Å². The van der Waals surface area contributed by atoms with Gasteiger partial charge in [-0.25, -0.2) is 8.78 Å². The smallest absolute Gasteiger partial charge is 0.150 e. The van der Waals surface area contributed by atoms with E-state index in [1.54, 1.807) is 24.3 Å². The Morgan fingerprint density at radius 3 is 2.10 bits per heavy atom. The fraction of sp³-hybridized carbons (Fsp3) is 0.382. The average Bonchev–Trinajstić information content (AvgIpc) is 3.36. The summed E-state index contributed by atoms with van der Waals surface area (Å²) in [5, 5.41) is 9.00. The Hall–Kier alpha value is -3.40. The van der Waals surface area contributed by atoms with E-state index in [1.807, 2.05) is 44.2 Å². The zero-order valence-electron chi connectivity index (χ0n) is 24.9. The van der Waals surface area contributed by atoms with Crippen molar-refractivity contribution in [3.05, 3.63) is 106 Å². The molecule has 0 N–H and O–H groups in total. The maximum atomic E-state index is 12.6. The van der Waals surface area contributed by atoms with Gasteiger partial charge >= 0.3 is 0 Å². The summed E-state index contributed by atoms with van der Waals surface area (Å²) in [7, 11) is 2.18. The molecule has 7 heteroatoms. The fourth-order valence-electron chi connectivity index (χ4n) is 3.49. The van der Waals surface area contributed by atoms with E-state index in [-0.39, 0.29) is 0 Å². The number of hydrogen-bond donors (Lipinski definition) is 0. The molecule has 4 nitrogen and oxygen atoms in total. The number of aryl methyl sites for hydroxylation is 2. The van der Waals surface area contributed by atoms with Gasteiger partial charge in [-0.15, -0.1) is 0 Å². The molecule has 3 aromatic rings. The van der Waals surface area contributed by atoms with Gasteiger partial charge in [-0.3, -0.25) is 4.79 Å². The molecule has 1 aliphatic heterocycles. The molecule has 0 radical (unpaired) electrons. The molecule has 222 valence electrons. The van der Waals surface area contributed by atoms with Gasteiger partial charge in [0.05, 0.1) is 10.6 Å². The van der Waals surface area contributed by atoms with Crippen molar-refractivity contribution in [1.29, 1.82) is 5.26 Å². The summed E-state index contributed by atoms with van der Waals surface area (Å²) in [6.45, 7) is 10.8. The van der Waals surface area contributed by atoms with Crippen LogP contribution in [0.2, 0.25) is 5.02 Å². The molecule has 0 aromatic heterocycles. The van der Waals surface area contributed by atoms with Crippen molar-refractivity contribution in [3.63, 3.8) is 0 Å². The number of halogens is 3. The molecule has 3 aromatic carbocycles. The van der Waals surface area contributed by atoms with Gasteiger partial charge in [0.25, 0.3) is 0 Å². The Kier molecular flexibility index (Phi) is 21.4. The second kappa shape index (κ2) is 23.3. The summed E-state index contributed by atoms with van der Waals surface area (Å²) >= 11 is 5.71. The van der Waals surface area contributed by atoms with Crippen molar-refractivity contribution in [1.82, 2.24) is 4.90 Å². The molecule has 0 unspecified atom stereocenters. The highest BCUT2D eigenvalue weighted by molar-refractivity contribution is 6.31. The van der Waals surface area contributed by atoms with E-state index in [4.69, 9.17) is 16.9 Å². The number of carbonyl (C=O) groups is 2. The summed E-state index contributed by atoms with van der Waals surface area (Å²) in [5.74, 6) is -0.0257. The van der Waals surface area contributed by atoms with E-state index in [2.05, 4.69) is 25.8 Å². The number of rotatable bonds is 5. The van der Waals surface area contributed by atoms with Crippen LogP contribution >= 0.6 is 11.6 Å². The van der Waals surface area contributed by atoms with Crippen molar-refractivity contribution in [3.8, 4) is 6.07 Å². The van der Waals surface area contributed by atoms with Crippen LogP contribution in [0.4, 0.5) is 8.78 Å². The molecular formula is C34H43ClF2N2O2. The van der Waals surface area contributed by atoms with Gasteiger partial charge in [-0.1, -0.05) is 81.3 Å². The normalized spacial score (nSPS) is 13.3. The Labute approximate surface area is 250 Å². The molecule has 0 saturated carbocycles. The van der Waals surface area contributed by atoms with Crippen LogP contribution in [0.25, 0.3) is 0 Å². The molecule has 41 heavy (non-hydrogen) atoms. The summed E-state index contributed by atoms with van der Waals surface area (Å²) in [5.41, 5.74) is 2.89. The van der Waals surface area contributed by atoms with Crippen LogP contribution < -0.4 is 0 Å². The van der Waals surface area contributed by atoms with E-state index in [1.165, 1.54) is 31.6 Å². The SMILES string of the molecule is CCCCC=O.CCc1ccc(F)cc1F.C[C@H]1CCN(C)C1.Cc1ccc(C#N)c(Cl)c1.O=Cc1ccccc1. The zero-order valence-corrected chi connectivity index (χ0v) is 25.6. The highest BCUT2D eigenvalue weighted by Gasteiger charge is 2.13. The van der Waals surface area contributed by atoms with Gasteiger partial charge in [0.15, 0.2) is 0 Å². The molecule has 0 amide bonds. The van der Waals surface area contributed by atoms with Crippen molar-refractivity contribution in [2.24, 2.45) is 5.92 Å². The summed E-state index contributed by atoms with van der Waals surface area (Å²) in [6, 6.07) is 20.1. The third-order valence-corrected chi connectivity index (χ3v) is 6.19. The minimum absolute atomic E-state index is 0.456. The Bertz CT molecular complexity index is 1180. The lowest BCUT2D eigenvalue weighted by Gasteiger charge is -2.03. The summed E-state index contributed by atoms with van der Waals surface area (Å²) < 4.78 is 24.9. The van der Waals surface area contributed by atoms with Gasteiger partial charge in [0.1, 0.15) is 30.3 Å². The highest BCUT2D eigenvalue weighted by atomic mass is 35.5. The van der Waals surface area contributed by atoms with E-state index in [9.17, 15) is 18.4 Å². The first-order valence-corrected chi connectivity index (χ1v) is 14.2. The summed E-state index contributed by atoms with van der Waals surface area (Å²) in [6.07, 6.45) is 6.70. The molecule has 0 aliphatic carbocycles. The van der Waals surface area contributed by atoms with Crippen LogP contribution in [-0.4, -0.2) is 37.6 Å². The highest BCUT2D eigenvalue weighted by Crippen LogP contribution is 2.15. The van der Waals surface area contributed by atoms with Gasteiger partial charge in [-0.2, -0.15) is 5.26 Å². The van der Waals surface area contributed by atoms with E-state index in [0.29, 0.717) is 22.6 Å². The molecule has 0 bridgehead atoms. The van der Waals surface area contributed by atoms with E-state index in [0.717, 1.165) is 54.9 Å². The first-order valence-electron chi connectivity index (χ1n) is 13.8. The minimum atomic E-state index is -0.519. The lowest BCUT2D eigenvalue weighted by Crippen LogP contribution is -2.12. The third-order valence-electron chi connectivity index (χ3n) is 5.88. The van der Waals surface area contributed by atoms with Gasteiger partial charge in [0, 0.05) is 24.6 Å². The van der Waals surface area contributed by atoms with Crippen molar-refractivity contribution >= 4 is 24.2 Å². The predicted molar refractivity (Wildman–Crippen MR) is 165 cm³/mol. The average molecular weight is 585 g/mol. The number of unbranched alkanes of at least 4 members (excludes halogenated alkanes) is 2. The van der Waals surface area contributed by atoms with E-state index >= 15 is 0 Å². The largest absolute Gasteiger partial charge is 0.306 e. The predicted octanol–water partition coefficient (Wildman–Crippen LogP) is 8.88. The van der Waals surface area contributed by atoms with Crippen LogP contribution in [-0.2, 0) is 11.2 Å². The number of nitrogens with zero attached hydrogens (tertiary/aromatic N) is 2. The van der Waals surface area contributed by atoms with E-state index < -0.39 is 11.6 Å². The minimum Gasteiger partial charge on any atom is -0.306 e. The molecule has 1 aliphatic rings. The van der Waals surface area contributed by atoms with Gasteiger partial charge in [-0.05, 0) is 75.0 Å². The van der Waals surface area contributed by atoms with Gasteiger partial charge in [0.2, 0.25) is 0 Å². The Morgan fingerprint density at radius 1 is 1.05 bits per heavy atom. The fourth-order valence-corrected chi connectivity index (χ4v) is 3.77. The Morgan fingerprint density at radius 2 is 1.73 bits per heavy atom. The second-order valence-corrected chi connectivity index (χ2v) is 10.1. The standard InChI is InChI=1S/C8H6ClN.C8H8F2.C7H6O.C6H13N.C5H10O/c1-6-2-3-7(5-10)8(9)4-6;1-2-6-3-4-7(9)5-8(6)10;8-6-7-4-2-1-3-5-7;1-6-3-4-7(2)5-6;1-2-3-4-5-6/h2-4H,1H3;3-5H,2H2,1H3;1-6H;6H,3-5H2,1-2H3;5H,2-4H2,1H3/t;;;6-;/m...0./s1. The molecule has 1 atom stereocenters. The number of hydrogen-bond acceptors (Lipinski definition) is 4.